The molecule has 0 aromatic carbocycles. The van der Waals surface area contributed by atoms with Gasteiger partial charge in [-0.05, 0) is 26.7 Å². The molecular formula is C10H16N2OS. The first kappa shape index (κ1) is 10.1. The van der Waals surface area contributed by atoms with Crippen LogP contribution in [0, 0.1) is 0 Å². The predicted molar refractivity (Wildman–Crippen MR) is 57.2 cm³/mol. The molecule has 2 rings (SSSR count). The molecule has 0 atom stereocenters. The van der Waals surface area contributed by atoms with Gasteiger partial charge in [0.05, 0.1) is 11.2 Å². The smallest absolute Gasteiger partial charge is 0.124 e. The van der Waals surface area contributed by atoms with E-state index >= 15 is 0 Å². The predicted octanol–water partition coefficient (Wildman–Crippen LogP) is 1.97. The van der Waals surface area contributed by atoms with Gasteiger partial charge in [-0.15, -0.1) is 11.3 Å². The Morgan fingerprint density at radius 1 is 1.57 bits per heavy atom. The van der Waals surface area contributed by atoms with Crippen molar-refractivity contribution in [2.75, 3.05) is 7.11 Å². The summed E-state index contributed by atoms with van der Waals surface area (Å²) in [5, 5.41) is 3.06. The molecular weight excluding hydrogens is 196 g/mol. The molecule has 0 aliphatic heterocycles. The Hall–Kier alpha value is -0.450. The first-order valence-corrected chi connectivity index (χ1v) is 5.66. The third kappa shape index (κ3) is 1.58. The molecule has 4 heteroatoms. The zero-order valence-electron chi connectivity index (χ0n) is 8.83. The fraction of sp³-hybridized carbons (Fsp3) is 0.700. The number of hydrogen-bond acceptors (Lipinski definition) is 4. The highest BCUT2D eigenvalue weighted by Gasteiger charge is 2.42. The lowest BCUT2D eigenvalue weighted by atomic mass is 10.1. The minimum absolute atomic E-state index is 0.126. The molecule has 2 N–H and O–H groups in total. The molecule has 1 fully saturated rings. The summed E-state index contributed by atoms with van der Waals surface area (Å²) in [6.07, 6.45) is 2.12. The number of nitrogens with zero attached hydrogens (tertiary/aromatic N) is 1. The Bertz CT molecular complexity index is 342. The van der Waals surface area contributed by atoms with E-state index in [9.17, 15) is 0 Å². The molecule has 1 saturated carbocycles. The average Bonchev–Trinajstić information content (AvgIpc) is 2.72. The quantitative estimate of drug-likeness (QED) is 0.833. The maximum atomic E-state index is 6.07. The lowest BCUT2D eigenvalue weighted by Gasteiger charge is -2.19. The molecule has 1 aromatic heterocycles. The zero-order chi connectivity index (χ0) is 10.4. The van der Waals surface area contributed by atoms with E-state index in [-0.39, 0.29) is 11.1 Å². The van der Waals surface area contributed by atoms with Crippen molar-refractivity contribution >= 4 is 11.3 Å². The van der Waals surface area contributed by atoms with Crippen molar-refractivity contribution in [1.29, 1.82) is 0 Å². The average molecular weight is 212 g/mol. The van der Waals surface area contributed by atoms with Gasteiger partial charge in [-0.1, -0.05) is 0 Å². The van der Waals surface area contributed by atoms with Crippen LogP contribution < -0.4 is 5.73 Å². The summed E-state index contributed by atoms with van der Waals surface area (Å²) in [5.41, 5.74) is 6.68. The van der Waals surface area contributed by atoms with Gasteiger partial charge in [0.15, 0.2) is 0 Å². The Balaban J connectivity index is 2.26. The third-order valence-corrected chi connectivity index (χ3v) is 3.98. The second-order valence-electron chi connectivity index (χ2n) is 4.41. The topological polar surface area (TPSA) is 48.1 Å². The van der Waals surface area contributed by atoms with E-state index < -0.39 is 0 Å². The van der Waals surface area contributed by atoms with Crippen molar-refractivity contribution in [2.45, 2.75) is 37.8 Å². The molecule has 0 saturated heterocycles. The molecule has 1 aliphatic carbocycles. The Morgan fingerprint density at radius 3 is 2.71 bits per heavy atom. The van der Waals surface area contributed by atoms with Crippen LogP contribution in [0.3, 0.4) is 0 Å². The van der Waals surface area contributed by atoms with Crippen molar-refractivity contribution in [3.63, 3.8) is 0 Å². The minimum Gasteiger partial charge on any atom is -0.372 e. The second-order valence-corrected chi connectivity index (χ2v) is 5.27. The Kier molecular flexibility index (Phi) is 2.17. The highest BCUT2D eigenvalue weighted by Crippen LogP contribution is 2.43. The lowest BCUT2D eigenvalue weighted by Crippen LogP contribution is -2.22. The molecule has 0 amide bonds. The van der Waals surface area contributed by atoms with E-state index in [1.54, 1.807) is 18.4 Å². The number of nitrogens with two attached hydrogens (primary N) is 1. The van der Waals surface area contributed by atoms with Gasteiger partial charge in [0.1, 0.15) is 10.6 Å². The molecule has 78 valence electrons. The van der Waals surface area contributed by atoms with Crippen LogP contribution in [0.5, 0.6) is 0 Å². The van der Waals surface area contributed by atoms with Crippen molar-refractivity contribution < 1.29 is 4.74 Å². The summed E-state index contributed by atoms with van der Waals surface area (Å²) in [5.74, 6) is 0. The molecule has 1 aliphatic rings. The second kappa shape index (κ2) is 3.02. The summed E-state index contributed by atoms with van der Waals surface area (Å²) in [6.45, 7) is 4.04. The van der Waals surface area contributed by atoms with Gasteiger partial charge in [0.2, 0.25) is 0 Å². The van der Waals surface area contributed by atoms with Crippen LogP contribution in [-0.2, 0) is 15.9 Å². The van der Waals surface area contributed by atoms with Gasteiger partial charge in [0, 0.05) is 12.5 Å². The Morgan fingerprint density at radius 2 is 2.21 bits per heavy atom. The van der Waals surface area contributed by atoms with Crippen LogP contribution in [0.4, 0.5) is 0 Å². The van der Waals surface area contributed by atoms with Crippen molar-refractivity contribution in [3.8, 4) is 0 Å². The molecule has 1 aromatic rings. The summed E-state index contributed by atoms with van der Waals surface area (Å²) in [4.78, 5) is 4.56. The molecule has 1 heterocycles. The highest BCUT2D eigenvalue weighted by molar-refractivity contribution is 7.09. The maximum absolute atomic E-state index is 6.07. The Labute approximate surface area is 88.3 Å². The number of rotatable bonds is 3. The van der Waals surface area contributed by atoms with Crippen LogP contribution in [0.2, 0.25) is 0 Å². The van der Waals surface area contributed by atoms with Gasteiger partial charge in [-0.2, -0.15) is 0 Å². The van der Waals surface area contributed by atoms with E-state index in [0.29, 0.717) is 0 Å². The summed E-state index contributed by atoms with van der Waals surface area (Å²) < 4.78 is 5.38. The van der Waals surface area contributed by atoms with Gasteiger partial charge in [0.25, 0.3) is 0 Å². The van der Waals surface area contributed by atoms with E-state index in [4.69, 9.17) is 10.5 Å². The van der Waals surface area contributed by atoms with Gasteiger partial charge in [-0.25, -0.2) is 4.98 Å². The monoisotopic (exact) mass is 212 g/mol. The van der Waals surface area contributed by atoms with Crippen LogP contribution >= 0.6 is 11.3 Å². The van der Waals surface area contributed by atoms with E-state index in [0.717, 1.165) is 23.5 Å². The van der Waals surface area contributed by atoms with Crippen molar-refractivity contribution in [3.05, 3.63) is 16.1 Å². The first-order valence-electron chi connectivity index (χ1n) is 4.78. The van der Waals surface area contributed by atoms with Gasteiger partial charge in [-0.3, -0.25) is 0 Å². The molecule has 0 bridgehead atoms. The largest absolute Gasteiger partial charge is 0.372 e. The normalized spacial score (nSPS) is 19.7. The zero-order valence-corrected chi connectivity index (χ0v) is 9.65. The fourth-order valence-corrected chi connectivity index (χ4v) is 2.29. The van der Waals surface area contributed by atoms with Crippen LogP contribution in [-0.4, -0.2) is 12.1 Å². The van der Waals surface area contributed by atoms with Crippen LogP contribution in [0.25, 0.3) is 0 Å². The standard InChI is InChI=1S/C10H16N2OS/c1-9(2,13-3)8-12-7(6-14-8)10(11)4-5-10/h6H,4-5,11H2,1-3H3. The number of aromatic nitrogens is 1. The SMILES string of the molecule is COC(C)(C)c1nc(C2(N)CC2)cs1. The molecule has 0 radical (unpaired) electrons. The van der Waals surface area contributed by atoms with E-state index in [2.05, 4.69) is 10.4 Å². The number of thiazole rings is 1. The number of methoxy groups -OCH3 is 1. The number of hydrogen-bond donors (Lipinski definition) is 1. The van der Waals surface area contributed by atoms with Crippen LogP contribution in [0.1, 0.15) is 37.4 Å². The van der Waals surface area contributed by atoms with Gasteiger partial charge >= 0.3 is 0 Å². The number of ether oxygens (including phenoxy) is 1. The van der Waals surface area contributed by atoms with E-state index in [1.165, 1.54) is 0 Å². The van der Waals surface area contributed by atoms with Crippen molar-refractivity contribution in [1.82, 2.24) is 4.98 Å². The third-order valence-electron chi connectivity index (χ3n) is 2.83. The molecule has 0 unspecified atom stereocenters. The molecule has 3 nitrogen and oxygen atoms in total. The minimum atomic E-state index is -0.297. The summed E-state index contributed by atoms with van der Waals surface area (Å²) in [6, 6.07) is 0. The molecule has 14 heavy (non-hydrogen) atoms. The summed E-state index contributed by atoms with van der Waals surface area (Å²) in [7, 11) is 1.70. The highest BCUT2D eigenvalue weighted by atomic mass is 32.1. The lowest BCUT2D eigenvalue weighted by molar-refractivity contribution is 0.0189. The fourth-order valence-electron chi connectivity index (χ4n) is 1.26. The van der Waals surface area contributed by atoms with Crippen LogP contribution in [0.15, 0.2) is 5.38 Å². The maximum Gasteiger partial charge on any atom is 0.124 e. The summed E-state index contributed by atoms with van der Waals surface area (Å²) >= 11 is 1.63. The molecule has 0 spiro atoms. The van der Waals surface area contributed by atoms with Crippen molar-refractivity contribution in [2.24, 2.45) is 5.73 Å². The van der Waals surface area contributed by atoms with E-state index in [1.807, 2.05) is 13.8 Å². The first-order chi connectivity index (χ1) is 6.48. The van der Waals surface area contributed by atoms with Gasteiger partial charge < -0.3 is 10.5 Å².